The quantitative estimate of drug-likeness (QED) is 0.368. The summed E-state index contributed by atoms with van der Waals surface area (Å²) in [5.41, 5.74) is 4.01. The fourth-order valence-corrected chi connectivity index (χ4v) is 4.00. The maximum Gasteiger partial charge on any atom is 0.188 e. The van der Waals surface area contributed by atoms with Crippen molar-refractivity contribution in [1.29, 1.82) is 0 Å². The molecule has 5 rings (SSSR count). The van der Waals surface area contributed by atoms with Crippen molar-refractivity contribution in [2.24, 2.45) is 4.99 Å². The first kappa shape index (κ1) is 23.7. The summed E-state index contributed by atoms with van der Waals surface area (Å²) in [6, 6.07) is 15.8. The molecular formula is C28H29N5O3. The molecule has 1 aliphatic heterocycles. The number of pyridine rings is 1. The topological polar surface area (TPSA) is 102 Å². The molecule has 0 saturated heterocycles. The molecule has 0 radical (unpaired) electrons. The van der Waals surface area contributed by atoms with Crippen molar-refractivity contribution in [3.05, 3.63) is 77.9 Å². The Labute approximate surface area is 210 Å². The van der Waals surface area contributed by atoms with E-state index in [9.17, 15) is 5.11 Å². The molecule has 8 heteroatoms. The number of hydrogen-bond donors (Lipinski definition) is 2. The van der Waals surface area contributed by atoms with Gasteiger partial charge in [0.05, 0.1) is 24.4 Å². The first-order valence-corrected chi connectivity index (χ1v) is 11.9. The molecule has 4 aromatic rings. The molecule has 0 fully saturated rings. The zero-order chi connectivity index (χ0) is 25.3. The molecule has 36 heavy (non-hydrogen) atoms. The van der Waals surface area contributed by atoms with Gasteiger partial charge in [0.25, 0.3) is 0 Å². The molecule has 0 spiro atoms. The van der Waals surface area contributed by atoms with Crippen molar-refractivity contribution < 1.29 is 14.6 Å². The van der Waals surface area contributed by atoms with E-state index in [4.69, 9.17) is 9.47 Å². The number of aliphatic imine (C=N–C) groups is 1. The molecule has 1 aliphatic rings. The van der Waals surface area contributed by atoms with Gasteiger partial charge in [-0.1, -0.05) is 6.07 Å². The number of nitrogens with one attached hydrogen (secondary N) is 1. The van der Waals surface area contributed by atoms with Gasteiger partial charge in [0.2, 0.25) is 0 Å². The predicted molar refractivity (Wildman–Crippen MR) is 140 cm³/mol. The zero-order valence-corrected chi connectivity index (χ0v) is 20.8. The molecule has 2 aromatic carbocycles. The van der Waals surface area contributed by atoms with Crippen LogP contribution >= 0.6 is 0 Å². The van der Waals surface area contributed by atoms with E-state index in [1.54, 1.807) is 19.4 Å². The van der Waals surface area contributed by atoms with Crippen molar-refractivity contribution in [3.63, 3.8) is 0 Å². The maximum atomic E-state index is 10.00. The van der Waals surface area contributed by atoms with Crippen LogP contribution in [0.3, 0.4) is 0 Å². The average molecular weight is 484 g/mol. The number of rotatable bonds is 7. The van der Waals surface area contributed by atoms with E-state index < -0.39 is 11.7 Å². The number of aromatic nitrogens is 3. The Morgan fingerprint density at radius 1 is 1.08 bits per heavy atom. The number of aliphatic hydroxyl groups excluding tert-OH is 1. The van der Waals surface area contributed by atoms with E-state index in [1.807, 2.05) is 63.2 Å². The van der Waals surface area contributed by atoms with Crippen molar-refractivity contribution in [2.75, 3.05) is 11.9 Å². The van der Waals surface area contributed by atoms with Gasteiger partial charge in [-0.2, -0.15) is 0 Å². The Hall–Kier alpha value is -4.04. The van der Waals surface area contributed by atoms with E-state index in [1.165, 1.54) is 0 Å². The summed E-state index contributed by atoms with van der Waals surface area (Å²) in [6.45, 7) is 7.99. The van der Waals surface area contributed by atoms with Crippen molar-refractivity contribution >= 4 is 28.3 Å². The average Bonchev–Trinajstić information content (AvgIpc) is 3.24. The molecule has 0 amide bonds. The molecule has 184 valence electrons. The summed E-state index contributed by atoms with van der Waals surface area (Å²) in [5, 5.41) is 14.3. The van der Waals surface area contributed by atoms with E-state index in [0.717, 1.165) is 39.2 Å². The first-order chi connectivity index (χ1) is 17.3. The molecule has 2 aromatic heterocycles. The fourth-order valence-electron chi connectivity index (χ4n) is 4.00. The van der Waals surface area contributed by atoms with E-state index >= 15 is 0 Å². The molecular weight excluding hydrogens is 454 g/mol. The van der Waals surface area contributed by atoms with Gasteiger partial charge >= 0.3 is 0 Å². The highest BCUT2D eigenvalue weighted by atomic mass is 16.5. The minimum atomic E-state index is -0.675. The number of ether oxygens (including phenoxy) is 2. The largest absolute Gasteiger partial charge is 0.470 e. The number of benzene rings is 2. The van der Waals surface area contributed by atoms with Crippen LogP contribution < -0.4 is 10.1 Å². The van der Waals surface area contributed by atoms with Crippen LogP contribution in [0.5, 0.6) is 11.5 Å². The Morgan fingerprint density at radius 3 is 2.67 bits per heavy atom. The summed E-state index contributed by atoms with van der Waals surface area (Å²) < 4.78 is 12.0. The van der Waals surface area contributed by atoms with E-state index in [-0.39, 0.29) is 0 Å². The van der Waals surface area contributed by atoms with Gasteiger partial charge in [-0.25, -0.2) is 9.97 Å². The number of nitrogens with zero attached hydrogens (tertiary/aromatic N) is 4. The van der Waals surface area contributed by atoms with Gasteiger partial charge in [-0.3, -0.25) is 9.98 Å². The van der Waals surface area contributed by atoms with Gasteiger partial charge < -0.3 is 19.9 Å². The molecule has 0 unspecified atom stereocenters. The SMILES string of the molecule is Cc1ccc(Oc2ccc(Nc3ncnc4ccc(CC5=NC[C@@](C)([C@@H](C)O)O5)cc34)cc2C)cn1. The van der Waals surface area contributed by atoms with Crippen LogP contribution in [0.2, 0.25) is 0 Å². The molecule has 2 atom stereocenters. The summed E-state index contributed by atoms with van der Waals surface area (Å²) in [4.78, 5) is 17.7. The van der Waals surface area contributed by atoms with Crippen molar-refractivity contribution in [2.45, 2.75) is 45.8 Å². The lowest BCUT2D eigenvalue weighted by Crippen LogP contribution is -2.41. The Bertz CT molecular complexity index is 1440. The lowest BCUT2D eigenvalue weighted by Gasteiger charge is -2.26. The van der Waals surface area contributed by atoms with E-state index in [2.05, 4.69) is 31.3 Å². The normalized spacial score (nSPS) is 18.0. The number of anilines is 2. The third kappa shape index (κ3) is 4.99. The van der Waals surface area contributed by atoms with Crippen LogP contribution in [0.1, 0.15) is 30.7 Å². The molecule has 8 nitrogen and oxygen atoms in total. The summed E-state index contributed by atoms with van der Waals surface area (Å²) >= 11 is 0. The second kappa shape index (κ2) is 9.54. The molecule has 0 aliphatic carbocycles. The Balaban J connectivity index is 1.35. The number of hydrogen-bond acceptors (Lipinski definition) is 8. The number of fused-ring (bicyclic) bond motifs is 1. The second-order valence-corrected chi connectivity index (χ2v) is 9.39. The number of aryl methyl sites for hydroxylation is 2. The van der Waals surface area contributed by atoms with Gasteiger partial charge in [0.1, 0.15) is 23.6 Å². The standard InChI is InChI=1S/C28H29N5O3/c1-17-11-21(7-10-25(17)35-22-8-5-18(2)29-14-22)33-27-23-12-20(6-9-24(23)31-16-32-27)13-26-30-15-28(4,36-26)19(3)34/h5-12,14,16,19,34H,13,15H2,1-4H3,(H,31,32,33)/t19-,28+/m1/s1. The highest BCUT2D eigenvalue weighted by Crippen LogP contribution is 2.30. The van der Waals surface area contributed by atoms with Crippen LogP contribution in [-0.4, -0.2) is 44.2 Å². The Morgan fingerprint density at radius 2 is 1.94 bits per heavy atom. The molecule has 2 N–H and O–H groups in total. The Kier molecular flexibility index (Phi) is 6.28. The van der Waals surface area contributed by atoms with Crippen LogP contribution in [-0.2, 0) is 11.2 Å². The highest BCUT2D eigenvalue weighted by molar-refractivity contribution is 5.92. The summed E-state index contributed by atoms with van der Waals surface area (Å²) in [6.07, 6.45) is 3.20. The molecule has 0 saturated carbocycles. The monoisotopic (exact) mass is 483 g/mol. The van der Waals surface area contributed by atoms with Gasteiger partial charge in [0, 0.05) is 23.2 Å². The van der Waals surface area contributed by atoms with Crippen LogP contribution in [0, 0.1) is 13.8 Å². The lowest BCUT2D eigenvalue weighted by molar-refractivity contribution is -0.0207. The van der Waals surface area contributed by atoms with Gasteiger partial charge in [-0.05, 0) is 81.3 Å². The molecule has 3 heterocycles. The minimum Gasteiger partial charge on any atom is -0.470 e. The summed E-state index contributed by atoms with van der Waals surface area (Å²) in [5.74, 6) is 2.80. The zero-order valence-electron chi connectivity index (χ0n) is 20.8. The number of aliphatic hydroxyl groups is 1. The minimum absolute atomic E-state index is 0.447. The smallest absolute Gasteiger partial charge is 0.188 e. The van der Waals surface area contributed by atoms with Crippen LogP contribution in [0.15, 0.2) is 66.0 Å². The van der Waals surface area contributed by atoms with Gasteiger partial charge in [0.15, 0.2) is 11.5 Å². The van der Waals surface area contributed by atoms with Crippen LogP contribution in [0.4, 0.5) is 11.5 Å². The second-order valence-electron chi connectivity index (χ2n) is 9.39. The third-order valence-electron chi connectivity index (χ3n) is 6.41. The summed E-state index contributed by atoms with van der Waals surface area (Å²) in [7, 11) is 0. The highest BCUT2D eigenvalue weighted by Gasteiger charge is 2.37. The first-order valence-electron chi connectivity index (χ1n) is 11.9. The van der Waals surface area contributed by atoms with Gasteiger partial charge in [-0.15, -0.1) is 0 Å². The predicted octanol–water partition coefficient (Wildman–Crippen LogP) is 5.29. The third-order valence-corrected chi connectivity index (χ3v) is 6.41. The maximum absolute atomic E-state index is 10.00. The fraction of sp³-hybridized carbons (Fsp3) is 0.286. The van der Waals surface area contributed by atoms with Crippen molar-refractivity contribution in [3.8, 4) is 11.5 Å². The van der Waals surface area contributed by atoms with Crippen molar-refractivity contribution in [1.82, 2.24) is 15.0 Å². The van der Waals surface area contributed by atoms with Crippen LogP contribution in [0.25, 0.3) is 10.9 Å². The van der Waals surface area contributed by atoms with E-state index in [0.29, 0.717) is 30.4 Å². The molecule has 0 bridgehead atoms. The lowest BCUT2D eigenvalue weighted by atomic mass is 10.0.